The second-order valence-electron chi connectivity index (χ2n) is 28.2. The zero-order chi connectivity index (χ0) is 72.6. The van der Waals surface area contributed by atoms with Gasteiger partial charge in [0.1, 0.15) is 25.7 Å². The van der Waals surface area contributed by atoms with Crippen molar-refractivity contribution in [3.63, 3.8) is 0 Å². The van der Waals surface area contributed by atoms with Crippen molar-refractivity contribution in [2.75, 3.05) is 134 Å². The van der Waals surface area contributed by atoms with Crippen LogP contribution in [-0.2, 0) is 19.2 Å². The molecule has 0 rings (SSSR count). The molecular weight excluding hydrogens is 1230 g/mol. The number of carbonyl (C=O) groups excluding carboxylic acids is 4. The van der Waals surface area contributed by atoms with Gasteiger partial charge >= 0.3 is 0 Å². The van der Waals surface area contributed by atoms with Crippen LogP contribution in [0.4, 0.5) is 0 Å². The molecular formula is C82H140ClN8O6+3. The average molecular weight is 1370 g/mol. The van der Waals surface area contributed by atoms with Gasteiger partial charge in [0.05, 0.1) is 67.8 Å². The number of aliphatic hydroxyl groups is 2. The molecule has 6 N–H and O–H groups in total. The Balaban J connectivity index is -0.00000140. The van der Waals surface area contributed by atoms with E-state index in [2.05, 4.69) is 172 Å². The number of rotatable bonds is 55. The van der Waals surface area contributed by atoms with Crippen molar-refractivity contribution in [3.05, 3.63) is 0 Å². The molecule has 0 aromatic heterocycles. The summed E-state index contributed by atoms with van der Waals surface area (Å²) in [6.07, 6.45) is 44.4. The van der Waals surface area contributed by atoms with Crippen molar-refractivity contribution in [1.29, 1.82) is 0 Å². The lowest BCUT2D eigenvalue weighted by Gasteiger charge is -2.36. The van der Waals surface area contributed by atoms with Crippen molar-refractivity contribution >= 4 is 35.2 Å². The SMILES string of the molecule is CC#CC#CC#CC#CC#CC#CC#CC#CC(=O)NCCCN(C)C.CCCCCCCCCCCCCCCCCC(=O)NCCC[N+](C)(C)CC(O)CCl.CCCCCCCCCCCCCCCCCC(=O)NCCC[N+](C)(C)CC(O)C[N+](C)(C)CCCNC(C)=O. The highest BCUT2D eigenvalue weighted by molar-refractivity contribution is 6.18. The van der Waals surface area contributed by atoms with Crippen molar-refractivity contribution in [2.45, 2.75) is 271 Å². The third kappa shape index (κ3) is 81.0. The molecule has 0 aromatic rings. The summed E-state index contributed by atoms with van der Waals surface area (Å²) in [5.41, 5.74) is 0. The van der Waals surface area contributed by atoms with Crippen LogP contribution in [0.2, 0.25) is 0 Å². The quantitative estimate of drug-likeness (QED) is 0.0153. The summed E-state index contributed by atoms with van der Waals surface area (Å²) in [7, 11) is 16.7. The van der Waals surface area contributed by atoms with Crippen LogP contribution in [0.25, 0.3) is 0 Å². The van der Waals surface area contributed by atoms with E-state index in [0.717, 1.165) is 91.1 Å². The molecule has 0 aliphatic rings. The Bertz CT molecular complexity index is 2540. The minimum Gasteiger partial charge on any atom is -0.386 e. The number of unbranched alkanes of at least 4 members (excludes halogenated alkanes) is 28. The van der Waals surface area contributed by atoms with Gasteiger partial charge in [-0.1, -0.05) is 200 Å². The molecule has 0 heterocycles. The molecule has 15 heteroatoms. The lowest BCUT2D eigenvalue weighted by molar-refractivity contribution is -0.914. The van der Waals surface area contributed by atoms with Gasteiger partial charge in [-0.15, -0.1) is 11.6 Å². The van der Waals surface area contributed by atoms with Crippen molar-refractivity contribution < 1.29 is 42.8 Å². The van der Waals surface area contributed by atoms with Gasteiger partial charge in [-0.2, -0.15) is 0 Å². The van der Waals surface area contributed by atoms with Gasteiger partial charge in [-0.25, -0.2) is 0 Å². The van der Waals surface area contributed by atoms with Crippen LogP contribution in [-0.4, -0.2) is 199 Å². The van der Waals surface area contributed by atoms with Crippen LogP contribution in [0, 0.1) is 94.7 Å². The molecule has 2 atom stereocenters. The third-order valence-corrected chi connectivity index (χ3v) is 16.7. The molecule has 548 valence electrons. The lowest BCUT2D eigenvalue weighted by Crippen LogP contribution is -2.53. The van der Waals surface area contributed by atoms with Crippen LogP contribution in [0.15, 0.2) is 0 Å². The smallest absolute Gasteiger partial charge is 0.296 e. The van der Waals surface area contributed by atoms with Crippen molar-refractivity contribution in [3.8, 4) is 94.7 Å². The van der Waals surface area contributed by atoms with Crippen molar-refractivity contribution in [2.24, 2.45) is 0 Å². The largest absolute Gasteiger partial charge is 0.386 e. The van der Waals surface area contributed by atoms with E-state index < -0.39 is 6.10 Å². The number of amides is 4. The normalized spacial score (nSPS) is 11.1. The van der Waals surface area contributed by atoms with Gasteiger partial charge in [0, 0.05) is 71.1 Å². The minimum atomic E-state index is -0.462. The average Bonchev–Trinajstić information content (AvgIpc) is 1.19. The number of hydrogen-bond acceptors (Lipinski definition) is 7. The molecule has 0 aliphatic heterocycles. The molecule has 0 saturated carbocycles. The Morgan fingerprint density at radius 2 is 0.660 bits per heavy atom. The fraction of sp³-hybridized carbons (Fsp3) is 0.756. The number of aliphatic hydroxyl groups excluding tert-OH is 2. The summed E-state index contributed by atoms with van der Waals surface area (Å²) in [4.78, 5) is 48.6. The van der Waals surface area contributed by atoms with Gasteiger partial charge in [-0.3, -0.25) is 19.2 Å². The lowest BCUT2D eigenvalue weighted by atomic mass is 10.0. The monoisotopic (exact) mass is 1370 g/mol. The Hall–Kier alpha value is -5.59. The van der Waals surface area contributed by atoms with Crippen LogP contribution in [0.3, 0.4) is 0 Å². The molecule has 0 fully saturated rings. The van der Waals surface area contributed by atoms with E-state index >= 15 is 0 Å². The predicted octanol–water partition coefficient (Wildman–Crippen LogP) is 12.3. The molecule has 14 nitrogen and oxygen atoms in total. The van der Waals surface area contributed by atoms with Crippen LogP contribution < -0.4 is 21.3 Å². The first kappa shape index (κ1) is 95.6. The third-order valence-electron chi connectivity index (χ3n) is 16.3. The number of quaternary nitrogens is 3. The minimum absolute atomic E-state index is 0.00519. The van der Waals surface area contributed by atoms with Crippen LogP contribution >= 0.6 is 11.6 Å². The Morgan fingerprint density at radius 3 is 0.959 bits per heavy atom. The van der Waals surface area contributed by atoms with E-state index in [1.165, 1.54) is 180 Å². The molecule has 0 saturated heterocycles. The maximum Gasteiger partial charge on any atom is 0.296 e. The predicted molar refractivity (Wildman–Crippen MR) is 410 cm³/mol. The number of likely N-dealkylation sites (N-methyl/N-ethyl adjacent to an activating group) is 3. The first-order valence-corrected chi connectivity index (χ1v) is 38.1. The van der Waals surface area contributed by atoms with E-state index in [9.17, 15) is 29.4 Å². The van der Waals surface area contributed by atoms with Gasteiger partial charge in [0.2, 0.25) is 17.7 Å². The Morgan fingerprint density at radius 1 is 0.381 bits per heavy atom. The highest BCUT2D eigenvalue weighted by atomic mass is 35.5. The molecule has 0 aliphatic carbocycles. The molecule has 4 amide bonds. The zero-order valence-electron chi connectivity index (χ0n) is 63.8. The van der Waals surface area contributed by atoms with Crippen LogP contribution in [0.5, 0.6) is 0 Å². The molecule has 0 spiro atoms. The van der Waals surface area contributed by atoms with E-state index in [1.54, 1.807) is 6.92 Å². The molecule has 2 unspecified atom stereocenters. The topological polar surface area (TPSA) is 160 Å². The van der Waals surface area contributed by atoms with E-state index in [1.807, 2.05) is 19.0 Å². The summed E-state index contributed by atoms with van der Waals surface area (Å²) >= 11 is 5.68. The van der Waals surface area contributed by atoms with Crippen molar-refractivity contribution in [1.82, 2.24) is 26.2 Å². The number of hydrogen-bond donors (Lipinski definition) is 6. The van der Waals surface area contributed by atoms with E-state index in [0.29, 0.717) is 52.1 Å². The number of alkyl halides is 1. The number of nitrogens with zero attached hydrogens (tertiary/aromatic N) is 4. The summed E-state index contributed by atoms with van der Waals surface area (Å²) in [6, 6.07) is 0. The summed E-state index contributed by atoms with van der Waals surface area (Å²) < 4.78 is 2.20. The zero-order valence-corrected chi connectivity index (χ0v) is 64.5. The first-order valence-electron chi connectivity index (χ1n) is 37.6. The Labute approximate surface area is 601 Å². The second-order valence-corrected chi connectivity index (χ2v) is 28.5. The van der Waals surface area contributed by atoms with E-state index in [4.69, 9.17) is 11.6 Å². The van der Waals surface area contributed by atoms with Gasteiger partial charge in [-0.05, 0) is 130 Å². The van der Waals surface area contributed by atoms with E-state index in [-0.39, 0.29) is 35.6 Å². The summed E-state index contributed by atoms with van der Waals surface area (Å²) in [5.74, 6) is 40.2. The fourth-order valence-corrected chi connectivity index (χ4v) is 11.1. The molecule has 0 bridgehead atoms. The molecule has 97 heavy (non-hydrogen) atoms. The van der Waals surface area contributed by atoms with Gasteiger partial charge in [0.25, 0.3) is 5.91 Å². The second kappa shape index (κ2) is 70.3. The molecule has 0 radical (unpaired) electrons. The van der Waals surface area contributed by atoms with Gasteiger partial charge in [0.15, 0.2) is 6.10 Å². The first-order chi connectivity index (χ1) is 46.5. The van der Waals surface area contributed by atoms with Gasteiger partial charge < -0.3 is 49.8 Å². The van der Waals surface area contributed by atoms with Crippen LogP contribution in [0.1, 0.15) is 259 Å². The maximum absolute atomic E-state index is 12.2. The summed E-state index contributed by atoms with van der Waals surface area (Å²) in [5, 5.41) is 32.0. The number of halogens is 1. The maximum atomic E-state index is 12.2. The molecule has 0 aromatic carbocycles. The summed E-state index contributed by atoms with van der Waals surface area (Å²) in [6.45, 7) is 16.2. The Kier molecular flexibility index (Phi) is 69.3. The highest BCUT2D eigenvalue weighted by Crippen LogP contribution is 2.16. The fourth-order valence-electron chi connectivity index (χ4n) is 11.0. The number of carbonyl (C=O) groups is 4. The standard InChI is InChI=1S/C33H68N4O3.C26H53ClN2O2.C23H16N2O/c1-7-8-9-10-11-12-13-14-15-16-17-18-19-20-21-24-33(40)35-26-23-28-37(5,6)30-32(39)29-36(3,4)27-22-25-34-31(2)38;1-4-5-6-7-8-9-10-11-12-13-14-15-16-17-18-20-26(31)28-21-19-22-29(2,3)24-25(30)23-27;1-4-5-6-7-8-9-10-11-12-13-14-15-16-17-18-20-23(26)24-21-19-22-25(2)3/h32,39H,7-30H2,1-6H3;25,30H,4-24H2,1-3H3;19,21-22H2,1-3H3,(H,24,26)/p+3. The highest BCUT2D eigenvalue weighted by Gasteiger charge is 2.27. The number of nitrogens with one attached hydrogen (secondary N) is 4.